The third-order valence-corrected chi connectivity index (χ3v) is 7.76. The molecular formula is C27H32ClF2N3O4. The second-order valence-corrected chi connectivity index (χ2v) is 9.81. The molecule has 37 heavy (non-hydrogen) atoms. The maximum absolute atomic E-state index is 13.7. The first-order valence-electron chi connectivity index (χ1n) is 12.5. The molecule has 1 N–H and O–H groups in total. The number of amides is 3. The maximum atomic E-state index is 13.7. The highest BCUT2D eigenvalue weighted by Crippen LogP contribution is 2.39. The summed E-state index contributed by atoms with van der Waals surface area (Å²) in [6.45, 7) is 1.50. The van der Waals surface area contributed by atoms with Gasteiger partial charge in [-0.15, -0.1) is 12.4 Å². The minimum absolute atomic E-state index is 0. The molecule has 2 saturated heterocycles. The quantitative estimate of drug-likeness (QED) is 0.555. The summed E-state index contributed by atoms with van der Waals surface area (Å²) < 4.78 is 37.7. The van der Waals surface area contributed by atoms with Gasteiger partial charge in [-0.25, -0.2) is 23.3 Å². The highest BCUT2D eigenvalue weighted by Gasteiger charge is 2.41. The van der Waals surface area contributed by atoms with Gasteiger partial charge in [-0.3, -0.25) is 4.90 Å². The van der Waals surface area contributed by atoms with Gasteiger partial charge in [0.25, 0.3) is 0 Å². The number of rotatable bonds is 5. The lowest BCUT2D eigenvalue weighted by molar-refractivity contribution is 0.155. The van der Waals surface area contributed by atoms with Crippen LogP contribution in [0.15, 0.2) is 42.5 Å². The fourth-order valence-corrected chi connectivity index (χ4v) is 5.85. The van der Waals surface area contributed by atoms with Gasteiger partial charge in [-0.2, -0.15) is 0 Å². The molecule has 0 bridgehead atoms. The van der Waals surface area contributed by atoms with Crippen LogP contribution in [-0.2, 0) is 4.74 Å². The van der Waals surface area contributed by atoms with E-state index >= 15 is 0 Å². The number of benzene rings is 2. The predicted octanol–water partition coefficient (Wildman–Crippen LogP) is 5.40. The average Bonchev–Trinajstić information content (AvgIpc) is 3.52. The fraction of sp³-hybridized carbons (Fsp3) is 0.481. The van der Waals surface area contributed by atoms with Gasteiger partial charge >= 0.3 is 12.1 Å². The van der Waals surface area contributed by atoms with E-state index in [2.05, 4.69) is 22.3 Å². The molecule has 2 aromatic carbocycles. The minimum Gasteiger partial charge on any atom is -0.496 e. The molecule has 10 heteroatoms. The molecule has 2 aromatic rings. The maximum Gasteiger partial charge on any atom is 0.418 e. The van der Waals surface area contributed by atoms with Crippen LogP contribution in [-0.4, -0.2) is 60.8 Å². The number of methoxy groups -OCH3 is 1. The van der Waals surface area contributed by atoms with Crippen LogP contribution in [0.3, 0.4) is 0 Å². The fourth-order valence-electron chi connectivity index (χ4n) is 5.85. The number of urea groups is 1. The Kier molecular flexibility index (Phi) is 8.54. The second-order valence-electron chi connectivity index (χ2n) is 9.81. The molecule has 1 saturated carbocycles. The number of ether oxygens (including phenoxy) is 2. The van der Waals surface area contributed by atoms with Gasteiger partial charge in [-0.1, -0.05) is 24.3 Å². The molecule has 5 rings (SSSR count). The van der Waals surface area contributed by atoms with E-state index in [1.165, 1.54) is 11.6 Å². The molecule has 1 aliphatic carbocycles. The lowest BCUT2D eigenvalue weighted by Crippen LogP contribution is -2.47. The van der Waals surface area contributed by atoms with Crippen molar-refractivity contribution in [3.8, 4) is 5.75 Å². The molecule has 0 radical (unpaired) electrons. The van der Waals surface area contributed by atoms with Crippen molar-refractivity contribution in [2.24, 2.45) is 0 Å². The largest absolute Gasteiger partial charge is 0.496 e. The molecule has 7 nitrogen and oxygen atoms in total. The summed E-state index contributed by atoms with van der Waals surface area (Å²) in [5.41, 5.74) is 1.59. The van der Waals surface area contributed by atoms with Crippen molar-refractivity contribution in [1.82, 2.24) is 15.1 Å². The van der Waals surface area contributed by atoms with Crippen molar-refractivity contribution in [2.45, 2.75) is 56.1 Å². The summed E-state index contributed by atoms with van der Waals surface area (Å²) in [7, 11) is 1.71. The third kappa shape index (κ3) is 5.67. The Morgan fingerprint density at radius 1 is 1.05 bits per heavy atom. The Morgan fingerprint density at radius 2 is 1.81 bits per heavy atom. The molecular weight excluding hydrogens is 504 g/mol. The number of hydrogen-bond donors (Lipinski definition) is 1. The van der Waals surface area contributed by atoms with Gasteiger partial charge in [0.15, 0.2) is 11.6 Å². The van der Waals surface area contributed by atoms with E-state index in [9.17, 15) is 18.4 Å². The first kappa shape index (κ1) is 27.1. The molecule has 0 aromatic heterocycles. The zero-order valence-corrected chi connectivity index (χ0v) is 21.5. The zero-order chi connectivity index (χ0) is 25.2. The van der Waals surface area contributed by atoms with E-state index in [1.54, 1.807) is 7.11 Å². The van der Waals surface area contributed by atoms with E-state index in [1.807, 2.05) is 12.1 Å². The van der Waals surface area contributed by atoms with Gasteiger partial charge in [0.2, 0.25) is 0 Å². The normalized spacial score (nSPS) is 25.9. The molecule has 0 spiro atoms. The smallest absolute Gasteiger partial charge is 0.418 e. The van der Waals surface area contributed by atoms with Crippen LogP contribution in [0.25, 0.3) is 0 Å². The summed E-state index contributed by atoms with van der Waals surface area (Å²) in [6.07, 6.45) is 4.35. The van der Waals surface area contributed by atoms with Gasteiger partial charge in [0.1, 0.15) is 18.4 Å². The van der Waals surface area contributed by atoms with Crippen LogP contribution in [0.4, 0.5) is 18.4 Å². The van der Waals surface area contributed by atoms with Gasteiger partial charge in [-0.05, 0) is 67.3 Å². The van der Waals surface area contributed by atoms with E-state index in [0.717, 1.165) is 61.4 Å². The van der Waals surface area contributed by atoms with E-state index in [4.69, 9.17) is 9.47 Å². The van der Waals surface area contributed by atoms with Crippen molar-refractivity contribution in [3.05, 3.63) is 65.2 Å². The number of halogens is 3. The van der Waals surface area contributed by atoms with E-state index < -0.39 is 29.8 Å². The number of imide groups is 1. The molecule has 3 aliphatic rings. The zero-order valence-electron chi connectivity index (χ0n) is 20.7. The number of nitrogens with zero attached hydrogens (tertiary/aromatic N) is 2. The van der Waals surface area contributed by atoms with E-state index in [0.29, 0.717) is 24.1 Å². The minimum atomic E-state index is -1.03. The number of carbonyl (C=O) groups is 2. The molecule has 3 amide bonds. The predicted molar refractivity (Wildman–Crippen MR) is 136 cm³/mol. The number of carbonyl (C=O) groups excluding carboxylic acids is 2. The van der Waals surface area contributed by atoms with Crippen molar-refractivity contribution >= 4 is 24.5 Å². The van der Waals surface area contributed by atoms with Crippen molar-refractivity contribution in [3.63, 3.8) is 0 Å². The Balaban J connectivity index is 0.00000320. The van der Waals surface area contributed by atoms with Crippen LogP contribution in [0.2, 0.25) is 0 Å². The van der Waals surface area contributed by atoms with Crippen LogP contribution in [0.1, 0.15) is 55.2 Å². The highest BCUT2D eigenvalue weighted by molar-refractivity contribution is 5.92. The summed E-state index contributed by atoms with van der Waals surface area (Å²) in [6, 6.07) is 10.6. The summed E-state index contributed by atoms with van der Waals surface area (Å²) >= 11 is 0. The highest BCUT2D eigenvalue weighted by atomic mass is 35.5. The number of nitrogens with one attached hydrogen (secondary N) is 1. The molecule has 2 heterocycles. The van der Waals surface area contributed by atoms with Crippen LogP contribution in [0.5, 0.6) is 5.75 Å². The molecule has 2 aliphatic heterocycles. The Labute approximate surface area is 221 Å². The lowest BCUT2D eigenvalue weighted by atomic mass is 9.81. The summed E-state index contributed by atoms with van der Waals surface area (Å²) in [5, 5.41) is 2.96. The molecule has 2 atom stereocenters. The number of cyclic esters (lactones) is 1. The van der Waals surface area contributed by atoms with Gasteiger partial charge in [0.05, 0.1) is 7.11 Å². The third-order valence-electron chi connectivity index (χ3n) is 7.76. The van der Waals surface area contributed by atoms with Crippen molar-refractivity contribution < 1.29 is 27.8 Å². The Bertz CT molecular complexity index is 1130. The van der Waals surface area contributed by atoms with Crippen LogP contribution < -0.4 is 10.1 Å². The summed E-state index contributed by atoms with van der Waals surface area (Å²) in [5.74, 6) is -0.570. The molecule has 200 valence electrons. The van der Waals surface area contributed by atoms with Crippen LogP contribution in [0, 0.1) is 11.6 Å². The topological polar surface area (TPSA) is 71.1 Å². The monoisotopic (exact) mass is 535 g/mol. The van der Waals surface area contributed by atoms with E-state index in [-0.39, 0.29) is 25.1 Å². The van der Waals surface area contributed by atoms with Crippen LogP contribution >= 0.6 is 12.4 Å². The Hall–Kier alpha value is -2.91. The number of likely N-dealkylation sites (tertiary alicyclic amines) is 1. The SMILES string of the molecule is COc1ccccc1[C@H]1CC[C@H](N2CC[C@@H](NC(=O)N3C(=O)OC[C@@H]3c3ccc(F)c(F)c3)C2)CC1.Cl. The molecule has 0 unspecified atom stereocenters. The van der Waals surface area contributed by atoms with Crippen molar-refractivity contribution in [2.75, 3.05) is 26.8 Å². The van der Waals surface area contributed by atoms with Gasteiger partial charge in [0, 0.05) is 25.2 Å². The second kappa shape index (κ2) is 11.6. The first-order chi connectivity index (χ1) is 17.4. The number of para-hydroxylation sites is 1. The van der Waals surface area contributed by atoms with Gasteiger partial charge < -0.3 is 14.8 Å². The standard InChI is InChI=1S/C27H31F2N3O4.ClH/c1-35-25-5-3-2-4-21(25)17-6-9-20(10-7-17)31-13-12-19(15-31)30-26(33)32-24(16-36-27(32)34)18-8-11-22(28)23(29)14-18;/h2-5,8,11,14,17,19-20,24H,6-7,9-10,12-13,15-16H2,1H3,(H,30,33);1H/t17-,19-,20-,24-;/m1./s1. The molecule has 3 fully saturated rings. The summed E-state index contributed by atoms with van der Waals surface area (Å²) in [4.78, 5) is 28.7. The van der Waals surface area contributed by atoms with Crippen molar-refractivity contribution in [1.29, 1.82) is 0 Å². The number of hydrogen-bond acceptors (Lipinski definition) is 5. The Morgan fingerprint density at radius 3 is 2.54 bits per heavy atom. The average molecular weight is 536 g/mol. The first-order valence-corrected chi connectivity index (χ1v) is 12.5. The lowest BCUT2D eigenvalue weighted by Gasteiger charge is -2.35.